The molecule has 4 aromatic rings. The number of rotatable bonds is 0. The van der Waals surface area contributed by atoms with Crippen LogP contribution in [-0.2, 0) is 52.3 Å². The van der Waals surface area contributed by atoms with E-state index in [0.29, 0.717) is 20.1 Å². The molecule has 2 aliphatic rings. The molecule has 0 bridgehead atoms. The minimum absolute atomic E-state index is 0. The van der Waals surface area contributed by atoms with Gasteiger partial charge in [0.05, 0.1) is 0 Å². The molecule has 7 heteroatoms. The van der Waals surface area contributed by atoms with Gasteiger partial charge in [0, 0.05) is 0 Å². The summed E-state index contributed by atoms with van der Waals surface area (Å²) < 4.78 is 3.34. The summed E-state index contributed by atoms with van der Waals surface area (Å²) in [5.74, 6) is 0. The zero-order valence-corrected chi connectivity index (χ0v) is 42.8. The summed E-state index contributed by atoms with van der Waals surface area (Å²) in [6.07, 6.45) is 11.0. The monoisotopic (exact) mass is 948 g/mol. The van der Waals surface area contributed by atoms with Crippen molar-refractivity contribution in [1.29, 1.82) is 0 Å². The van der Waals surface area contributed by atoms with Crippen LogP contribution in [0.15, 0.2) is 60.7 Å². The van der Waals surface area contributed by atoms with Crippen LogP contribution in [0.5, 0.6) is 0 Å². The summed E-state index contributed by atoms with van der Waals surface area (Å²) in [6, 6.07) is 24.0. The quantitative estimate of drug-likeness (QED) is 0.136. The molecule has 0 fully saturated rings. The minimum atomic E-state index is 0. The first-order chi connectivity index (χ1) is 24.8. The van der Waals surface area contributed by atoms with E-state index in [1.54, 1.807) is 24.3 Å². The van der Waals surface area contributed by atoms with Crippen LogP contribution in [0.25, 0.3) is 11.1 Å². The normalized spacial score (nSPS) is 12.4. The molecule has 6 rings (SSSR count). The van der Waals surface area contributed by atoms with Crippen LogP contribution in [0, 0.1) is 38.1 Å². The molecule has 0 saturated carbocycles. The molecule has 0 N–H and O–H groups in total. The van der Waals surface area contributed by atoms with E-state index < -0.39 is 0 Å². The number of hydrogen-bond acceptors (Lipinski definition) is 0. The van der Waals surface area contributed by atoms with Crippen LogP contribution in [0.4, 0.5) is 0 Å². The number of fused-ring (bicyclic) bond motifs is 3. The number of allylic oxidation sites excluding steroid dienone is 4. The SMILES string of the molecule is CC(C)(C)c1[c-]c2c(cc1C(C)(C)C)-c1cc(C(C)(C)C)c(C(C)(C)C)cc1C2.Cc1[c-]cc(Cl)cc1Cl.Cc1[c-]cc(Cl)cc1Cl.Cl.Cl.[C-]1=CC=CC1.[CH2]=[Zr]. The van der Waals surface area contributed by atoms with Crippen LogP contribution >= 0.6 is 71.2 Å². The maximum atomic E-state index is 5.70. The number of aryl methyl sites for hydroxylation is 2. The molecule has 0 atom stereocenters. The van der Waals surface area contributed by atoms with E-state index in [-0.39, 0.29) is 46.5 Å². The second kappa shape index (κ2) is 23.0. The van der Waals surface area contributed by atoms with Gasteiger partial charge in [0.1, 0.15) is 0 Å². The Hall–Kier alpha value is -1.15. The van der Waals surface area contributed by atoms with Crippen molar-refractivity contribution in [2.75, 3.05) is 0 Å². The first kappa shape index (κ1) is 54.9. The molecule has 0 heterocycles. The molecule has 0 saturated heterocycles. The Bertz CT molecular complexity index is 1810. The molecule has 0 spiro atoms. The fourth-order valence-electron chi connectivity index (χ4n) is 6.00. The Kier molecular flexibility index (Phi) is 22.5. The van der Waals surface area contributed by atoms with Crippen molar-refractivity contribution >= 4 is 75.4 Å². The maximum absolute atomic E-state index is 5.70. The molecule has 0 nitrogen and oxygen atoms in total. The Morgan fingerprint density at radius 2 is 1.02 bits per heavy atom. The van der Waals surface area contributed by atoms with Gasteiger partial charge in [0.2, 0.25) is 0 Å². The van der Waals surface area contributed by atoms with E-state index >= 15 is 0 Å². The van der Waals surface area contributed by atoms with Crippen molar-refractivity contribution in [3.8, 4) is 11.1 Å². The van der Waals surface area contributed by atoms with E-state index in [2.05, 4.69) is 136 Å². The van der Waals surface area contributed by atoms with Gasteiger partial charge in [-0.25, -0.2) is 12.2 Å². The van der Waals surface area contributed by atoms with Crippen LogP contribution in [-0.4, -0.2) is 4.21 Å². The molecular weight excluding hydrogens is 892 g/mol. The van der Waals surface area contributed by atoms with Crippen molar-refractivity contribution in [2.24, 2.45) is 0 Å². The van der Waals surface area contributed by atoms with Gasteiger partial charge in [-0.2, -0.15) is 94.4 Å². The average molecular weight is 953 g/mol. The second-order valence-corrected chi connectivity index (χ2v) is 19.5. The average Bonchev–Trinajstić information content (AvgIpc) is 3.75. The fourth-order valence-corrected chi connectivity index (χ4v) is 6.78. The predicted octanol–water partition coefficient (Wildman–Crippen LogP) is 16.6. The number of halogens is 6. The zero-order chi connectivity index (χ0) is 41.4. The van der Waals surface area contributed by atoms with Crippen molar-refractivity contribution in [3.05, 3.63) is 150 Å². The summed E-state index contributed by atoms with van der Waals surface area (Å²) in [5.41, 5.74) is 13.8. The summed E-state index contributed by atoms with van der Waals surface area (Å²) in [6.45, 7) is 31.8. The van der Waals surface area contributed by atoms with E-state index in [0.717, 1.165) is 24.0 Å². The summed E-state index contributed by atoms with van der Waals surface area (Å²) >= 11 is 23.9. The Morgan fingerprint density at radius 1 is 0.589 bits per heavy atom. The van der Waals surface area contributed by atoms with Gasteiger partial charge in [-0.3, -0.25) is 6.08 Å². The van der Waals surface area contributed by atoms with E-state index in [4.69, 9.17) is 46.4 Å². The Balaban J connectivity index is 0.000000906. The zero-order valence-electron chi connectivity index (χ0n) is 35.7. The molecule has 2 aliphatic carbocycles. The molecule has 0 unspecified atom stereocenters. The van der Waals surface area contributed by atoms with Crippen LogP contribution in [0.2, 0.25) is 20.1 Å². The molecule has 0 amide bonds. The first-order valence-electron chi connectivity index (χ1n) is 18.3. The van der Waals surface area contributed by atoms with Crippen molar-refractivity contribution in [2.45, 2.75) is 131 Å². The summed E-state index contributed by atoms with van der Waals surface area (Å²) in [7, 11) is 0. The van der Waals surface area contributed by atoms with Gasteiger partial charge in [-0.1, -0.05) is 140 Å². The van der Waals surface area contributed by atoms with E-state index in [1.165, 1.54) is 68.7 Å². The molecular formula is C49H60Cl6Zr-4. The van der Waals surface area contributed by atoms with Gasteiger partial charge >= 0.3 is 28.4 Å². The predicted molar refractivity (Wildman–Crippen MR) is 252 cm³/mol. The fraction of sp³-hybridized carbons (Fsp3) is 0.408. The van der Waals surface area contributed by atoms with Crippen LogP contribution in [0.3, 0.4) is 0 Å². The first-order valence-corrected chi connectivity index (χ1v) is 21.6. The number of benzene rings is 4. The Morgan fingerprint density at radius 3 is 1.34 bits per heavy atom. The molecule has 306 valence electrons. The summed E-state index contributed by atoms with van der Waals surface area (Å²) in [5, 5.41) is 2.60. The van der Waals surface area contributed by atoms with Gasteiger partial charge in [0.15, 0.2) is 0 Å². The third-order valence-electron chi connectivity index (χ3n) is 8.92. The molecule has 4 aromatic carbocycles. The van der Waals surface area contributed by atoms with Crippen LogP contribution in [0.1, 0.15) is 134 Å². The Labute approximate surface area is 388 Å². The van der Waals surface area contributed by atoms with Gasteiger partial charge < -0.3 is 0 Å². The van der Waals surface area contributed by atoms with Crippen LogP contribution < -0.4 is 0 Å². The van der Waals surface area contributed by atoms with Gasteiger partial charge in [-0.05, 0) is 39.4 Å². The van der Waals surface area contributed by atoms with Crippen molar-refractivity contribution in [1.82, 2.24) is 0 Å². The standard InChI is InChI=1S/C29H41.2C7H5Cl2.C5H5.CH2.2ClH.Zr/c1-26(2,3)22-14-18-13-19-15-23(27(4,5)6)25(29(10,11)12)17-21(19)20(18)16-24(22)28(7,8)9;2*1-5-2-3-6(8)4-7(5)9;1-2-4-5-3-1;;;;/h14,16-17H,13H2,1-12H3;2*3-4H,1H3;1-3H,4H2;1H2;2*1H;/q4*-1;;;;. The number of hydrogen-bond donors (Lipinski definition) is 0. The second-order valence-electron chi connectivity index (χ2n) is 17.8. The topological polar surface area (TPSA) is 0 Å². The van der Waals surface area contributed by atoms with Crippen molar-refractivity contribution in [3.63, 3.8) is 0 Å². The third kappa shape index (κ3) is 16.1. The molecule has 0 aliphatic heterocycles. The molecule has 0 radical (unpaired) electrons. The third-order valence-corrected chi connectivity index (χ3v) is 10.1. The molecule has 0 aromatic heterocycles. The van der Waals surface area contributed by atoms with E-state index in [9.17, 15) is 0 Å². The summed E-state index contributed by atoms with van der Waals surface area (Å²) in [4.78, 5) is 0. The van der Waals surface area contributed by atoms with Gasteiger partial charge in [-0.15, -0.1) is 71.2 Å². The van der Waals surface area contributed by atoms with Gasteiger partial charge in [0.25, 0.3) is 0 Å². The molecule has 56 heavy (non-hydrogen) atoms. The van der Waals surface area contributed by atoms with Crippen molar-refractivity contribution < 1.29 is 24.2 Å². The van der Waals surface area contributed by atoms with E-state index in [1.807, 2.05) is 26.0 Å².